The van der Waals surface area contributed by atoms with Gasteiger partial charge in [-0.1, -0.05) is 18.9 Å². The summed E-state index contributed by atoms with van der Waals surface area (Å²) in [4.78, 5) is 4.39. The van der Waals surface area contributed by atoms with Crippen molar-refractivity contribution in [2.24, 2.45) is 11.7 Å². The minimum atomic E-state index is 0.171. The van der Waals surface area contributed by atoms with Crippen molar-refractivity contribution in [3.05, 3.63) is 30.1 Å². The van der Waals surface area contributed by atoms with Crippen molar-refractivity contribution >= 4 is 0 Å². The molecule has 19 heavy (non-hydrogen) atoms. The Morgan fingerprint density at radius 3 is 2.95 bits per heavy atom. The third-order valence-electron chi connectivity index (χ3n) is 4.82. The van der Waals surface area contributed by atoms with Gasteiger partial charge in [-0.2, -0.15) is 0 Å². The minimum absolute atomic E-state index is 0.171. The van der Waals surface area contributed by atoms with Crippen molar-refractivity contribution in [1.82, 2.24) is 4.98 Å². The molecule has 2 atom stereocenters. The van der Waals surface area contributed by atoms with E-state index in [1.54, 1.807) is 0 Å². The van der Waals surface area contributed by atoms with E-state index < -0.39 is 0 Å². The minimum Gasteiger partial charge on any atom is -0.375 e. The van der Waals surface area contributed by atoms with Crippen LogP contribution in [-0.2, 0) is 11.2 Å². The van der Waals surface area contributed by atoms with Gasteiger partial charge in [0, 0.05) is 31.0 Å². The predicted octanol–water partition coefficient (Wildman–Crippen LogP) is 2.69. The second kappa shape index (κ2) is 5.59. The summed E-state index contributed by atoms with van der Waals surface area (Å²) >= 11 is 0. The number of nitrogens with zero attached hydrogens (tertiary/aromatic N) is 1. The molecule has 0 amide bonds. The molecule has 2 fully saturated rings. The van der Waals surface area contributed by atoms with Crippen LogP contribution in [0.15, 0.2) is 24.4 Å². The molecule has 2 N–H and O–H groups in total. The monoisotopic (exact) mass is 260 g/mol. The second-order valence-electron chi connectivity index (χ2n) is 6.18. The summed E-state index contributed by atoms with van der Waals surface area (Å²) in [5, 5.41) is 0. The molecule has 0 aromatic carbocycles. The molecule has 1 aromatic heterocycles. The van der Waals surface area contributed by atoms with Crippen molar-refractivity contribution in [1.29, 1.82) is 0 Å². The fourth-order valence-electron chi connectivity index (χ4n) is 3.73. The summed E-state index contributed by atoms with van der Waals surface area (Å²) in [6, 6.07) is 6.29. The average molecular weight is 260 g/mol. The highest BCUT2D eigenvalue weighted by Gasteiger charge is 2.41. The molecule has 2 aliphatic rings. The van der Waals surface area contributed by atoms with Crippen LogP contribution in [0, 0.1) is 5.92 Å². The van der Waals surface area contributed by atoms with Crippen molar-refractivity contribution < 1.29 is 4.74 Å². The Bertz CT molecular complexity index is 400. The lowest BCUT2D eigenvalue weighted by atomic mass is 9.79. The lowest BCUT2D eigenvalue weighted by molar-refractivity contribution is -0.0961. The van der Waals surface area contributed by atoms with Gasteiger partial charge in [-0.15, -0.1) is 0 Å². The Labute approximate surface area is 115 Å². The largest absolute Gasteiger partial charge is 0.375 e. The first kappa shape index (κ1) is 13.1. The van der Waals surface area contributed by atoms with Crippen molar-refractivity contribution in [3.8, 4) is 0 Å². The molecule has 1 aliphatic heterocycles. The molecule has 104 valence electrons. The molecule has 0 bridgehead atoms. The molecule has 2 unspecified atom stereocenters. The molecule has 3 heteroatoms. The maximum Gasteiger partial charge on any atom is 0.0685 e. The SMILES string of the molecule is NC(Cc1ccccn1)C1CCOC2(CCCC2)C1. The summed E-state index contributed by atoms with van der Waals surface area (Å²) in [6.07, 6.45) is 10.1. The third-order valence-corrected chi connectivity index (χ3v) is 4.82. The van der Waals surface area contributed by atoms with Gasteiger partial charge in [-0.25, -0.2) is 0 Å². The topological polar surface area (TPSA) is 48.1 Å². The maximum atomic E-state index is 6.44. The summed E-state index contributed by atoms with van der Waals surface area (Å²) in [6.45, 7) is 0.889. The first-order chi connectivity index (χ1) is 9.27. The average Bonchev–Trinajstić information content (AvgIpc) is 2.88. The summed E-state index contributed by atoms with van der Waals surface area (Å²) < 4.78 is 6.09. The molecule has 1 aromatic rings. The zero-order chi connectivity index (χ0) is 13.1. The normalized spacial score (nSPS) is 27.5. The number of rotatable bonds is 3. The Morgan fingerprint density at radius 1 is 1.37 bits per heavy atom. The summed E-state index contributed by atoms with van der Waals surface area (Å²) in [5.74, 6) is 0.592. The van der Waals surface area contributed by atoms with E-state index in [1.165, 1.54) is 25.7 Å². The van der Waals surface area contributed by atoms with Crippen molar-refractivity contribution in [3.63, 3.8) is 0 Å². The molecule has 1 aliphatic carbocycles. The van der Waals surface area contributed by atoms with Crippen molar-refractivity contribution in [2.45, 2.75) is 56.6 Å². The number of aromatic nitrogens is 1. The lowest BCUT2D eigenvalue weighted by Crippen LogP contribution is -2.44. The molecule has 3 nitrogen and oxygen atoms in total. The van der Waals surface area contributed by atoms with Gasteiger partial charge in [-0.05, 0) is 43.7 Å². The van der Waals surface area contributed by atoms with E-state index in [1.807, 2.05) is 18.3 Å². The number of nitrogens with two attached hydrogens (primary N) is 1. The highest BCUT2D eigenvalue weighted by atomic mass is 16.5. The third kappa shape index (κ3) is 2.98. The van der Waals surface area contributed by atoms with Crippen LogP contribution in [-0.4, -0.2) is 23.2 Å². The predicted molar refractivity (Wildman–Crippen MR) is 75.8 cm³/mol. The fraction of sp³-hybridized carbons (Fsp3) is 0.688. The van der Waals surface area contributed by atoms with Gasteiger partial charge in [0.1, 0.15) is 0 Å². The van der Waals surface area contributed by atoms with Gasteiger partial charge >= 0.3 is 0 Å². The molecular weight excluding hydrogens is 236 g/mol. The Hall–Kier alpha value is -0.930. The number of pyridine rings is 1. The van der Waals surface area contributed by atoms with Gasteiger partial charge in [0.2, 0.25) is 0 Å². The van der Waals surface area contributed by atoms with Crippen LogP contribution in [0.1, 0.15) is 44.2 Å². The van der Waals surface area contributed by atoms with Crippen LogP contribution in [0.5, 0.6) is 0 Å². The smallest absolute Gasteiger partial charge is 0.0685 e. The number of hydrogen-bond acceptors (Lipinski definition) is 3. The number of hydrogen-bond donors (Lipinski definition) is 1. The molecule has 0 radical (unpaired) electrons. The zero-order valence-electron chi connectivity index (χ0n) is 11.6. The van der Waals surface area contributed by atoms with Gasteiger partial charge in [0.15, 0.2) is 0 Å². The maximum absolute atomic E-state index is 6.44. The van der Waals surface area contributed by atoms with E-state index in [2.05, 4.69) is 11.1 Å². The Balaban J connectivity index is 1.61. The van der Waals surface area contributed by atoms with Crippen LogP contribution in [0.4, 0.5) is 0 Å². The number of ether oxygens (including phenoxy) is 1. The Kier molecular flexibility index (Phi) is 3.85. The van der Waals surface area contributed by atoms with E-state index in [0.29, 0.717) is 5.92 Å². The van der Waals surface area contributed by atoms with Crippen LogP contribution in [0.25, 0.3) is 0 Å². The summed E-state index contributed by atoms with van der Waals surface area (Å²) in [7, 11) is 0. The van der Waals surface area contributed by atoms with Crippen LogP contribution >= 0.6 is 0 Å². The van der Waals surface area contributed by atoms with E-state index in [0.717, 1.165) is 31.6 Å². The van der Waals surface area contributed by atoms with Gasteiger partial charge in [0.05, 0.1) is 5.60 Å². The van der Waals surface area contributed by atoms with E-state index in [-0.39, 0.29) is 11.6 Å². The fourth-order valence-corrected chi connectivity index (χ4v) is 3.73. The molecule has 1 saturated heterocycles. The van der Waals surface area contributed by atoms with Gasteiger partial charge in [-0.3, -0.25) is 4.98 Å². The zero-order valence-corrected chi connectivity index (χ0v) is 11.6. The Morgan fingerprint density at radius 2 is 2.21 bits per heavy atom. The molecule has 1 saturated carbocycles. The van der Waals surface area contributed by atoms with E-state index in [9.17, 15) is 0 Å². The first-order valence-corrected chi connectivity index (χ1v) is 7.57. The van der Waals surface area contributed by atoms with Crippen LogP contribution in [0.3, 0.4) is 0 Å². The first-order valence-electron chi connectivity index (χ1n) is 7.57. The van der Waals surface area contributed by atoms with Crippen LogP contribution < -0.4 is 5.73 Å². The van der Waals surface area contributed by atoms with Crippen LogP contribution in [0.2, 0.25) is 0 Å². The molecule has 2 heterocycles. The molecule has 1 spiro atoms. The quantitative estimate of drug-likeness (QED) is 0.909. The van der Waals surface area contributed by atoms with Gasteiger partial charge < -0.3 is 10.5 Å². The molecule has 3 rings (SSSR count). The highest BCUT2D eigenvalue weighted by molar-refractivity contribution is 5.06. The van der Waals surface area contributed by atoms with Gasteiger partial charge in [0.25, 0.3) is 0 Å². The highest BCUT2D eigenvalue weighted by Crippen LogP contribution is 2.42. The van der Waals surface area contributed by atoms with Crippen molar-refractivity contribution in [2.75, 3.05) is 6.61 Å². The standard InChI is InChI=1S/C16H24N2O/c17-15(11-14-5-1-4-9-18-14)13-6-10-19-16(12-13)7-2-3-8-16/h1,4-5,9,13,15H,2-3,6-8,10-12,17H2. The second-order valence-corrected chi connectivity index (χ2v) is 6.18. The van der Waals surface area contributed by atoms with E-state index >= 15 is 0 Å². The molecular formula is C16H24N2O. The van der Waals surface area contributed by atoms with E-state index in [4.69, 9.17) is 10.5 Å². The lowest BCUT2D eigenvalue weighted by Gasteiger charge is -2.40. The summed E-state index contributed by atoms with van der Waals surface area (Å²) in [5.41, 5.74) is 7.72.